The van der Waals surface area contributed by atoms with Gasteiger partial charge in [0.25, 0.3) is 5.89 Å². The number of aromatic nitrogens is 5. The van der Waals surface area contributed by atoms with E-state index in [2.05, 4.69) is 20.4 Å². The molecule has 0 aliphatic rings. The second-order valence-electron chi connectivity index (χ2n) is 5.33. The molecule has 3 heterocycles. The summed E-state index contributed by atoms with van der Waals surface area (Å²) in [5.41, 5.74) is 0.884. The molecule has 26 heavy (non-hydrogen) atoms. The van der Waals surface area contributed by atoms with Crippen molar-refractivity contribution in [1.82, 2.24) is 25.0 Å². The van der Waals surface area contributed by atoms with Crippen molar-refractivity contribution in [3.05, 3.63) is 48.6 Å². The second kappa shape index (κ2) is 7.04. The Balaban J connectivity index is 1.51. The molecule has 0 saturated heterocycles. The summed E-state index contributed by atoms with van der Waals surface area (Å²) in [7, 11) is 3.54. The summed E-state index contributed by atoms with van der Waals surface area (Å²) < 4.78 is 18.2. The van der Waals surface area contributed by atoms with Crippen LogP contribution in [0.15, 0.2) is 56.7 Å². The standard InChI is InChI=1S/C17H15N5O3S/c1-22-15(11-6-3-4-7-12(11)23-2)19-21-17(22)26-10-14-18-20-16(25-14)13-8-5-9-24-13/h3-9H,10H2,1-2H3. The monoisotopic (exact) mass is 369 g/mol. The topological polar surface area (TPSA) is 92.0 Å². The number of nitrogens with zero attached hydrogens (tertiary/aromatic N) is 5. The fraction of sp³-hybridized carbons (Fsp3) is 0.176. The third-order valence-corrected chi connectivity index (χ3v) is 4.71. The number of methoxy groups -OCH3 is 1. The summed E-state index contributed by atoms with van der Waals surface area (Å²) in [5.74, 6) is 3.35. The van der Waals surface area contributed by atoms with Crippen LogP contribution in [0.1, 0.15) is 5.89 Å². The van der Waals surface area contributed by atoms with Crippen molar-refractivity contribution in [3.63, 3.8) is 0 Å². The van der Waals surface area contributed by atoms with E-state index in [9.17, 15) is 0 Å². The lowest BCUT2D eigenvalue weighted by molar-refractivity contribution is 0.416. The molecule has 0 atom stereocenters. The molecule has 9 heteroatoms. The van der Waals surface area contributed by atoms with Crippen molar-refractivity contribution in [2.75, 3.05) is 7.11 Å². The summed E-state index contributed by atoms with van der Waals surface area (Å²) in [6.07, 6.45) is 1.56. The summed E-state index contributed by atoms with van der Waals surface area (Å²) in [5, 5.41) is 17.3. The molecule has 0 bridgehead atoms. The average molecular weight is 369 g/mol. The lowest BCUT2D eigenvalue weighted by Gasteiger charge is -2.07. The first-order chi connectivity index (χ1) is 12.8. The smallest absolute Gasteiger partial charge is 0.283 e. The number of ether oxygens (including phenoxy) is 1. The summed E-state index contributed by atoms with van der Waals surface area (Å²) in [6.45, 7) is 0. The Morgan fingerprint density at radius 3 is 2.77 bits per heavy atom. The normalized spacial score (nSPS) is 11.0. The minimum atomic E-state index is 0.360. The highest BCUT2D eigenvalue weighted by Gasteiger charge is 2.16. The molecule has 3 aromatic heterocycles. The summed E-state index contributed by atoms with van der Waals surface area (Å²) in [6, 6.07) is 11.2. The van der Waals surface area contributed by atoms with Crippen LogP contribution in [-0.2, 0) is 12.8 Å². The van der Waals surface area contributed by atoms with Crippen molar-refractivity contribution in [2.45, 2.75) is 10.9 Å². The minimum absolute atomic E-state index is 0.360. The second-order valence-corrected chi connectivity index (χ2v) is 6.27. The van der Waals surface area contributed by atoms with Gasteiger partial charge in [-0.25, -0.2) is 0 Å². The summed E-state index contributed by atoms with van der Waals surface area (Å²) >= 11 is 1.46. The molecule has 0 aliphatic heterocycles. The van der Waals surface area contributed by atoms with E-state index in [-0.39, 0.29) is 0 Å². The Kier molecular flexibility index (Phi) is 4.44. The van der Waals surface area contributed by atoms with Gasteiger partial charge < -0.3 is 18.1 Å². The number of thioether (sulfide) groups is 1. The zero-order chi connectivity index (χ0) is 17.9. The Bertz CT molecular complexity index is 1010. The van der Waals surface area contributed by atoms with Gasteiger partial charge in [-0.3, -0.25) is 0 Å². The Morgan fingerprint density at radius 1 is 1.08 bits per heavy atom. The Hall–Kier alpha value is -3.07. The van der Waals surface area contributed by atoms with Crippen LogP contribution < -0.4 is 4.74 Å². The van der Waals surface area contributed by atoms with E-state index in [1.54, 1.807) is 25.5 Å². The summed E-state index contributed by atoms with van der Waals surface area (Å²) in [4.78, 5) is 0. The van der Waals surface area contributed by atoms with Gasteiger partial charge in [0.2, 0.25) is 5.89 Å². The van der Waals surface area contributed by atoms with Crippen LogP contribution in [0.25, 0.3) is 23.0 Å². The fourth-order valence-electron chi connectivity index (χ4n) is 2.44. The van der Waals surface area contributed by atoms with Crippen LogP contribution in [0.4, 0.5) is 0 Å². The van der Waals surface area contributed by atoms with E-state index in [0.717, 1.165) is 22.3 Å². The fourth-order valence-corrected chi connectivity index (χ4v) is 3.19. The Labute approximate surface area is 153 Å². The minimum Gasteiger partial charge on any atom is -0.496 e. The SMILES string of the molecule is COc1ccccc1-c1nnc(SCc2nnc(-c3ccco3)o2)n1C. The molecule has 132 valence electrons. The highest BCUT2D eigenvalue weighted by Crippen LogP contribution is 2.31. The van der Waals surface area contributed by atoms with Crippen molar-refractivity contribution < 1.29 is 13.6 Å². The van der Waals surface area contributed by atoms with Crippen LogP contribution in [0.2, 0.25) is 0 Å². The van der Waals surface area contributed by atoms with Crippen molar-refractivity contribution in [1.29, 1.82) is 0 Å². The van der Waals surface area contributed by atoms with Crippen LogP contribution in [0.3, 0.4) is 0 Å². The molecule has 0 saturated carbocycles. The molecule has 1 aromatic carbocycles. The molecule has 0 amide bonds. The lowest BCUT2D eigenvalue weighted by Crippen LogP contribution is -1.97. The van der Waals surface area contributed by atoms with Crippen molar-refractivity contribution in [2.24, 2.45) is 7.05 Å². The lowest BCUT2D eigenvalue weighted by atomic mass is 10.2. The molecule has 0 spiro atoms. The van der Waals surface area contributed by atoms with Gasteiger partial charge in [-0.05, 0) is 24.3 Å². The van der Waals surface area contributed by atoms with E-state index >= 15 is 0 Å². The quantitative estimate of drug-likeness (QED) is 0.477. The van der Waals surface area contributed by atoms with Crippen LogP contribution in [-0.4, -0.2) is 32.1 Å². The third kappa shape index (κ3) is 3.08. The van der Waals surface area contributed by atoms with Crippen molar-refractivity contribution in [3.8, 4) is 28.8 Å². The van der Waals surface area contributed by atoms with Gasteiger partial charge in [-0.2, -0.15) is 0 Å². The van der Waals surface area contributed by atoms with E-state index < -0.39 is 0 Å². The van der Waals surface area contributed by atoms with Crippen LogP contribution in [0.5, 0.6) is 5.75 Å². The van der Waals surface area contributed by atoms with Gasteiger partial charge in [0.1, 0.15) is 5.75 Å². The molecule has 8 nitrogen and oxygen atoms in total. The Morgan fingerprint density at radius 2 is 1.96 bits per heavy atom. The molecule has 4 aromatic rings. The van der Waals surface area contributed by atoms with Gasteiger partial charge in [-0.15, -0.1) is 20.4 Å². The number of para-hydroxylation sites is 1. The number of rotatable bonds is 6. The first-order valence-corrected chi connectivity index (χ1v) is 8.76. The molecule has 0 aliphatic carbocycles. The molecule has 0 unspecified atom stereocenters. The van der Waals surface area contributed by atoms with Gasteiger partial charge in [0.05, 0.1) is 24.7 Å². The molecule has 0 fully saturated rings. The molecule has 4 rings (SSSR count). The van der Waals surface area contributed by atoms with Crippen LogP contribution in [0, 0.1) is 0 Å². The first-order valence-electron chi connectivity index (χ1n) is 7.78. The number of furan rings is 1. The predicted molar refractivity (Wildman–Crippen MR) is 94.6 cm³/mol. The van der Waals surface area contributed by atoms with Gasteiger partial charge in [-0.1, -0.05) is 23.9 Å². The largest absolute Gasteiger partial charge is 0.496 e. The van der Waals surface area contributed by atoms with Crippen molar-refractivity contribution >= 4 is 11.8 Å². The number of benzene rings is 1. The zero-order valence-electron chi connectivity index (χ0n) is 14.1. The highest BCUT2D eigenvalue weighted by molar-refractivity contribution is 7.98. The maximum Gasteiger partial charge on any atom is 0.283 e. The van der Waals surface area contributed by atoms with E-state index in [4.69, 9.17) is 13.6 Å². The van der Waals surface area contributed by atoms with E-state index in [0.29, 0.717) is 23.3 Å². The van der Waals surface area contributed by atoms with Crippen LogP contribution >= 0.6 is 11.8 Å². The van der Waals surface area contributed by atoms with E-state index in [1.165, 1.54) is 11.8 Å². The zero-order valence-corrected chi connectivity index (χ0v) is 14.9. The number of hydrogen-bond acceptors (Lipinski definition) is 8. The molecular formula is C17H15N5O3S. The molecule has 0 radical (unpaired) electrons. The van der Waals surface area contributed by atoms with E-state index in [1.807, 2.05) is 35.9 Å². The van der Waals surface area contributed by atoms with Gasteiger partial charge >= 0.3 is 0 Å². The van der Waals surface area contributed by atoms with Gasteiger partial charge in [0, 0.05) is 7.05 Å². The van der Waals surface area contributed by atoms with Gasteiger partial charge in [0.15, 0.2) is 16.7 Å². The molecular weight excluding hydrogens is 354 g/mol. The maximum atomic E-state index is 5.60. The predicted octanol–water partition coefficient (Wildman–Crippen LogP) is 3.43. The number of hydrogen-bond donors (Lipinski definition) is 0. The third-order valence-electron chi connectivity index (χ3n) is 3.71. The average Bonchev–Trinajstić information content (AvgIpc) is 3.41. The molecule has 0 N–H and O–H groups in total. The highest BCUT2D eigenvalue weighted by atomic mass is 32.2. The maximum absolute atomic E-state index is 5.60. The first kappa shape index (κ1) is 16.4.